The Morgan fingerprint density at radius 1 is 1.08 bits per heavy atom. The Morgan fingerprint density at radius 2 is 1.64 bits per heavy atom. The van der Waals surface area contributed by atoms with E-state index in [1.807, 2.05) is 34.6 Å². The minimum Gasteiger partial charge on any atom is -0.399 e. The molecule has 1 saturated heterocycles. The average Bonchev–Trinajstić information content (AvgIpc) is 3.12. The van der Waals surface area contributed by atoms with Crippen LogP contribution in [0.15, 0.2) is 12.1 Å². The van der Waals surface area contributed by atoms with E-state index >= 15 is 0 Å². The van der Waals surface area contributed by atoms with Crippen LogP contribution >= 0.6 is 0 Å². The Labute approximate surface area is 147 Å². The van der Waals surface area contributed by atoms with Crippen molar-refractivity contribution in [3.05, 3.63) is 29.3 Å². The molecule has 0 atom stereocenters. The first-order chi connectivity index (χ1) is 11.4. The summed E-state index contributed by atoms with van der Waals surface area (Å²) < 4.78 is 40.5. The van der Waals surface area contributed by atoms with Gasteiger partial charge < -0.3 is 14.6 Å². The lowest BCUT2D eigenvalue weighted by Gasteiger charge is -2.32. The smallest absolute Gasteiger partial charge is 0.399 e. The van der Waals surface area contributed by atoms with E-state index in [1.54, 1.807) is 0 Å². The Bertz CT molecular complexity index is 701. The third-order valence-electron chi connectivity index (χ3n) is 5.47. The van der Waals surface area contributed by atoms with Crippen LogP contribution in [-0.2, 0) is 20.5 Å². The highest BCUT2D eigenvalue weighted by molar-refractivity contribution is 6.62. The van der Waals surface area contributed by atoms with Crippen LogP contribution < -0.4 is 10.8 Å². The van der Waals surface area contributed by atoms with E-state index in [0.29, 0.717) is 0 Å². The van der Waals surface area contributed by atoms with Gasteiger partial charge in [-0.15, -0.1) is 0 Å². The molecule has 1 aliphatic heterocycles. The summed E-state index contributed by atoms with van der Waals surface area (Å²) in [6.45, 7) is 9.32. The lowest BCUT2D eigenvalue weighted by molar-refractivity contribution is -0.121. The molecule has 1 aromatic carbocycles. The van der Waals surface area contributed by atoms with Gasteiger partial charge in [0.05, 0.1) is 17.6 Å². The molecule has 136 valence electrons. The second-order valence-electron chi connectivity index (χ2n) is 8.34. The highest BCUT2D eigenvalue weighted by Crippen LogP contribution is 2.37. The molecule has 0 spiro atoms. The lowest BCUT2D eigenvalue weighted by Crippen LogP contribution is -2.41. The zero-order chi connectivity index (χ0) is 18.6. The number of benzene rings is 1. The monoisotopic (exact) mass is 351 g/mol. The molecule has 1 aromatic rings. The first kappa shape index (κ1) is 18.3. The van der Waals surface area contributed by atoms with Gasteiger partial charge in [0, 0.05) is 11.0 Å². The number of hydrogen-bond donors (Lipinski definition) is 1. The minimum absolute atomic E-state index is 0.00876. The highest BCUT2D eigenvalue weighted by atomic mass is 19.1. The molecule has 2 fully saturated rings. The number of rotatable bonds is 4. The fourth-order valence-corrected chi connectivity index (χ4v) is 2.76. The van der Waals surface area contributed by atoms with Gasteiger partial charge in [-0.25, -0.2) is 8.78 Å². The predicted octanol–water partition coefficient (Wildman–Crippen LogP) is 2.48. The van der Waals surface area contributed by atoms with Gasteiger partial charge in [0.2, 0.25) is 5.91 Å². The van der Waals surface area contributed by atoms with Gasteiger partial charge in [-0.05, 0) is 65.2 Å². The van der Waals surface area contributed by atoms with Crippen molar-refractivity contribution in [1.82, 2.24) is 5.32 Å². The van der Waals surface area contributed by atoms with Crippen molar-refractivity contribution in [2.75, 3.05) is 0 Å². The molecule has 1 saturated carbocycles. The second-order valence-corrected chi connectivity index (χ2v) is 8.34. The van der Waals surface area contributed by atoms with Crippen LogP contribution in [0.3, 0.4) is 0 Å². The van der Waals surface area contributed by atoms with Crippen molar-refractivity contribution >= 4 is 18.5 Å². The lowest BCUT2D eigenvalue weighted by atomic mass is 9.78. The molecular formula is C18H24BF2NO3. The van der Waals surface area contributed by atoms with Crippen LogP contribution in [0.1, 0.15) is 53.0 Å². The molecule has 0 bridgehead atoms. The summed E-state index contributed by atoms with van der Waals surface area (Å²) in [5, 5.41) is 2.84. The molecule has 0 radical (unpaired) electrons. The van der Waals surface area contributed by atoms with Crippen molar-refractivity contribution < 1.29 is 22.9 Å². The van der Waals surface area contributed by atoms with Gasteiger partial charge in [-0.3, -0.25) is 4.79 Å². The molecule has 0 aromatic heterocycles. The standard InChI is InChI=1S/C18H24BF2NO3/c1-16(2)17(3,4)25-19(24-16)12-10-13(20)11(8-14(12)21)9-15(23)22-18(5)6-7-18/h8,10H,6-7,9H2,1-5H3,(H,22,23). The predicted molar refractivity (Wildman–Crippen MR) is 91.6 cm³/mol. The Balaban J connectivity index is 1.78. The summed E-state index contributed by atoms with van der Waals surface area (Å²) in [7, 11) is -0.979. The maximum absolute atomic E-state index is 14.5. The number of amides is 1. The van der Waals surface area contributed by atoms with Gasteiger partial charge in [0.25, 0.3) is 0 Å². The third kappa shape index (κ3) is 3.58. The topological polar surface area (TPSA) is 47.6 Å². The Hall–Kier alpha value is -1.47. The van der Waals surface area contributed by atoms with Crippen LogP contribution in [0.5, 0.6) is 0 Å². The number of hydrogen-bond acceptors (Lipinski definition) is 3. The van der Waals surface area contributed by atoms with Crippen molar-refractivity contribution in [3.63, 3.8) is 0 Å². The van der Waals surface area contributed by atoms with Crippen molar-refractivity contribution in [3.8, 4) is 0 Å². The van der Waals surface area contributed by atoms with E-state index < -0.39 is 30.0 Å². The van der Waals surface area contributed by atoms with Gasteiger partial charge in [-0.1, -0.05) is 0 Å². The van der Waals surface area contributed by atoms with Gasteiger partial charge in [0.1, 0.15) is 11.6 Å². The Kier molecular flexibility index (Phi) is 4.24. The molecule has 1 amide bonds. The molecule has 7 heteroatoms. The quantitative estimate of drug-likeness (QED) is 0.848. The zero-order valence-electron chi connectivity index (χ0n) is 15.3. The van der Waals surface area contributed by atoms with Gasteiger partial charge >= 0.3 is 7.12 Å². The van der Waals surface area contributed by atoms with Crippen LogP contribution in [-0.4, -0.2) is 29.8 Å². The van der Waals surface area contributed by atoms with Gasteiger partial charge in [-0.2, -0.15) is 0 Å². The molecule has 1 heterocycles. The average molecular weight is 351 g/mol. The summed E-state index contributed by atoms with van der Waals surface area (Å²) in [4.78, 5) is 12.0. The van der Waals surface area contributed by atoms with Crippen LogP contribution in [0.2, 0.25) is 0 Å². The van der Waals surface area contributed by atoms with E-state index in [1.165, 1.54) is 0 Å². The number of nitrogens with one attached hydrogen (secondary N) is 1. The summed E-state index contributed by atoms with van der Waals surface area (Å²) >= 11 is 0. The van der Waals surface area contributed by atoms with Crippen molar-refractivity contribution in [2.24, 2.45) is 0 Å². The normalized spacial score (nSPS) is 22.8. The van der Waals surface area contributed by atoms with Crippen LogP contribution in [0, 0.1) is 11.6 Å². The molecule has 1 aliphatic carbocycles. The second kappa shape index (κ2) is 5.78. The van der Waals surface area contributed by atoms with Crippen molar-refractivity contribution in [2.45, 2.75) is 70.6 Å². The molecule has 4 nitrogen and oxygen atoms in total. The number of halogens is 2. The summed E-state index contributed by atoms with van der Waals surface area (Å²) in [6.07, 6.45) is 1.63. The highest BCUT2D eigenvalue weighted by Gasteiger charge is 2.52. The van der Waals surface area contributed by atoms with Crippen molar-refractivity contribution in [1.29, 1.82) is 0 Å². The summed E-state index contributed by atoms with van der Waals surface area (Å²) in [6, 6.07) is 2.13. The van der Waals surface area contributed by atoms with Crippen LogP contribution in [0.4, 0.5) is 8.78 Å². The third-order valence-corrected chi connectivity index (χ3v) is 5.47. The molecule has 1 N–H and O–H groups in total. The maximum Gasteiger partial charge on any atom is 0.497 e. The van der Waals surface area contributed by atoms with E-state index in [0.717, 1.165) is 25.0 Å². The first-order valence-corrected chi connectivity index (χ1v) is 8.57. The van der Waals surface area contributed by atoms with Crippen LogP contribution in [0.25, 0.3) is 0 Å². The van der Waals surface area contributed by atoms with Gasteiger partial charge in [0.15, 0.2) is 0 Å². The molecule has 2 aliphatic rings. The number of carbonyl (C=O) groups is 1. The van der Waals surface area contributed by atoms with E-state index in [4.69, 9.17) is 9.31 Å². The zero-order valence-corrected chi connectivity index (χ0v) is 15.3. The summed E-state index contributed by atoms with van der Waals surface area (Å²) in [5.74, 6) is -1.58. The van der Waals surface area contributed by atoms with E-state index in [9.17, 15) is 13.6 Å². The largest absolute Gasteiger partial charge is 0.497 e. The maximum atomic E-state index is 14.5. The fourth-order valence-electron chi connectivity index (χ4n) is 2.76. The first-order valence-electron chi connectivity index (χ1n) is 8.57. The fraction of sp³-hybridized carbons (Fsp3) is 0.611. The van der Waals surface area contributed by atoms with E-state index in [-0.39, 0.29) is 28.9 Å². The van der Waals surface area contributed by atoms with E-state index in [2.05, 4.69) is 5.32 Å². The molecular weight excluding hydrogens is 327 g/mol. The Morgan fingerprint density at radius 3 is 2.16 bits per heavy atom. The number of carbonyl (C=O) groups excluding carboxylic acids is 1. The molecule has 0 unspecified atom stereocenters. The summed E-state index contributed by atoms with van der Waals surface area (Å²) in [5.41, 5.74) is -1.43. The molecule has 25 heavy (non-hydrogen) atoms. The molecule has 3 rings (SSSR count). The SMILES string of the molecule is CC1(NC(=O)Cc2cc(F)c(B3OC(C)(C)C(C)(C)O3)cc2F)CC1. The minimum atomic E-state index is -0.979.